The summed E-state index contributed by atoms with van der Waals surface area (Å²) in [4.78, 5) is 3.99. The maximum atomic E-state index is 9.83. The highest BCUT2D eigenvalue weighted by Gasteiger charge is 2.10. The van der Waals surface area contributed by atoms with Crippen LogP contribution in [-0.4, -0.2) is 21.7 Å². The fourth-order valence-electron chi connectivity index (χ4n) is 1.34. The van der Waals surface area contributed by atoms with Crippen LogP contribution in [0.1, 0.15) is 16.8 Å². The number of aromatic nitrogens is 1. The van der Waals surface area contributed by atoms with Gasteiger partial charge in [0.05, 0.1) is 12.3 Å². The number of hydrogen-bond acceptors (Lipinski definition) is 4. The highest BCUT2D eigenvalue weighted by molar-refractivity contribution is 9.11. The SMILES string of the molecule is C=C(Br)CNCc1c(CO)cnc(C)c1O. The summed E-state index contributed by atoms with van der Waals surface area (Å²) >= 11 is 3.24. The number of aromatic hydroxyl groups is 1. The summed E-state index contributed by atoms with van der Waals surface area (Å²) in [5.41, 5.74) is 1.88. The lowest BCUT2D eigenvalue weighted by Crippen LogP contribution is -2.16. The molecule has 3 N–H and O–H groups in total. The predicted octanol–water partition coefficient (Wildman–Crippen LogP) is 1.59. The first kappa shape index (κ1) is 13.2. The van der Waals surface area contributed by atoms with Gasteiger partial charge in [0.1, 0.15) is 5.75 Å². The zero-order valence-corrected chi connectivity index (χ0v) is 10.7. The Bertz CT molecular complexity index is 394. The van der Waals surface area contributed by atoms with E-state index in [1.54, 1.807) is 13.1 Å². The molecule has 0 fully saturated rings. The highest BCUT2D eigenvalue weighted by Crippen LogP contribution is 2.23. The molecule has 1 aromatic rings. The fourth-order valence-corrected chi connectivity index (χ4v) is 1.54. The van der Waals surface area contributed by atoms with Gasteiger partial charge in [-0.1, -0.05) is 22.5 Å². The van der Waals surface area contributed by atoms with E-state index in [4.69, 9.17) is 5.11 Å². The largest absolute Gasteiger partial charge is 0.506 e. The number of pyridine rings is 1. The van der Waals surface area contributed by atoms with Crippen molar-refractivity contribution in [3.05, 3.63) is 34.1 Å². The molecule has 0 saturated carbocycles. The van der Waals surface area contributed by atoms with E-state index >= 15 is 0 Å². The van der Waals surface area contributed by atoms with Crippen LogP contribution in [0.2, 0.25) is 0 Å². The minimum absolute atomic E-state index is 0.132. The Morgan fingerprint density at radius 1 is 1.62 bits per heavy atom. The molecule has 0 saturated heterocycles. The topological polar surface area (TPSA) is 65.4 Å². The van der Waals surface area contributed by atoms with Crippen molar-refractivity contribution in [3.8, 4) is 5.75 Å². The Hall–Kier alpha value is -0.910. The smallest absolute Gasteiger partial charge is 0.141 e. The van der Waals surface area contributed by atoms with E-state index in [-0.39, 0.29) is 12.4 Å². The second-order valence-electron chi connectivity index (χ2n) is 3.47. The van der Waals surface area contributed by atoms with Crippen LogP contribution < -0.4 is 5.32 Å². The van der Waals surface area contributed by atoms with E-state index in [2.05, 4.69) is 32.8 Å². The van der Waals surface area contributed by atoms with Gasteiger partial charge in [-0.05, 0) is 6.92 Å². The zero-order chi connectivity index (χ0) is 12.1. The normalized spacial score (nSPS) is 10.4. The molecule has 88 valence electrons. The lowest BCUT2D eigenvalue weighted by molar-refractivity contribution is 0.278. The van der Waals surface area contributed by atoms with Crippen LogP contribution in [0.15, 0.2) is 17.3 Å². The van der Waals surface area contributed by atoms with E-state index in [0.29, 0.717) is 29.9 Å². The Labute approximate surface area is 103 Å². The number of hydrogen-bond donors (Lipinski definition) is 3. The molecule has 16 heavy (non-hydrogen) atoms. The number of nitrogens with one attached hydrogen (secondary N) is 1. The minimum atomic E-state index is -0.132. The summed E-state index contributed by atoms with van der Waals surface area (Å²) in [6, 6.07) is 0. The average molecular weight is 287 g/mol. The Morgan fingerprint density at radius 2 is 2.31 bits per heavy atom. The molecule has 0 bridgehead atoms. The molecule has 1 rings (SSSR count). The molecular weight excluding hydrogens is 272 g/mol. The standard InChI is InChI=1S/C11H15BrN2O2/c1-7(12)3-13-5-10-9(6-15)4-14-8(2)11(10)16/h4,13,15-16H,1,3,5-6H2,2H3. The number of rotatable bonds is 5. The third-order valence-corrected chi connectivity index (χ3v) is 2.50. The molecule has 1 aromatic heterocycles. The van der Waals surface area contributed by atoms with Crippen molar-refractivity contribution in [2.24, 2.45) is 0 Å². The van der Waals surface area contributed by atoms with Gasteiger partial charge in [0.25, 0.3) is 0 Å². The van der Waals surface area contributed by atoms with Gasteiger partial charge in [-0.15, -0.1) is 0 Å². The number of halogens is 1. The maximum Gasteiger partial charge on any atom is 0.141 e. The van der Waals surface area contributed by atoms with Crippen molar-refractivity contribution in [1.82, 2.24) is 10.3 Å². The van der Waals surface area contributed by atoms with Crippen molar-refractivity contribution >= 4 is 15.9 Å². The summed E-state index contributed by atoms with van der Waals surface area (Å²) < 4.78 is 0.836. The molecule has 5 heteroatoms. The summed E-state index contributed by atoms with van der Waals surface area (Å²) in [5.74, 6) is 0.138. The predicted molar refractivity (Wildman–Crippen MR) is 66.3 cm³/mol. The molecule has 0 spiro atoms. The van der Waals surface area contributed by atoms with Crippen LogP contribution in [0, 0.1) is 6.92 Å². The number of aryl methyl sites for hydroxylation is 1. The molecule has 0 aromatic carbocycles. The fraction of sp³-hybridized carbons (Fsp3) is 0.364. The molecule has 0 aliphatic carbocycles. The number of aliphatic hydroxyl groups excluding tert-OH is 1. The maximum absolute atomic E-state index is 9.83. The van der Waals surface area contributed by atoms with Crippen LogP contribution in [0.4, 0.5) is 0 Å². The number of aliphatic hydroxyl groups is 1. The molecule has 0 aliphatic rings. The minimum Gasteiger partial charge on any atom is -0.506 e. The Kier molecular flexibility index (Phi) is 4.92. The van der Waals surface area contributed by atoms with E-state index in [1.807, 2.05) is 0 Å². The lowest BCUT2D eigenvalue weighted by atomic mass is 10.1. The van der Waals surface area contributed by atoms with E-state index in [9.17, 15) is 5.11 Å². The van der Waals surface area contributed by atoms with Gasteiger partial charge in [0.2, 0.25) is 0 Å². The zero-order valence-electron chi connectivity index (χ0n) is 9.13. The monoisotopic (exact) mass is 286 g/mol. The molecule has 4 nitrogen and oxygen atoms in total. The highest BCUT2D eigenvalue weighted by atomic mass is 79.9. The van der Waals surface area contributed by atoms with Gasteiger partial charge < -0.3 is 15.5 Å². The van der Waals surface area contributed by atoms with Crippen LogP contribution in [0.3, 0.4) is 0 Å². The first-order valence-corrected chi connectivity index (χ1v) is 5.66. The van der Waals surface area contributed by atoms with Crippen LogP contribution in [0.5, 0.6) is 5.75 Å². The van der Waals surface area contributed by atoms with Crippen LogP contribution in [-0.2, 0) is 13.2 Å². The molecule has 1 heterocycles. The van der Waals surface area contributed by atoms with Crippen molar-refractivity contribution in [2.45, 2.75) is 20.1 Å². The number of nitrogens with zero attached hydrogens (tertiary/aromatic N) is 1. The van der Waals surface area contributed by atoms with Gasteiger partial charge in [-0.2, -0.15) is 0 Å². The van der Waals surface area contributed by atoms with Crippen LogP contribution >= 0.6 is 15.9 Å². The summed E-state index contributed by atoms with van der Waals surface area (Å²) in [6.45, 7) is 6.36. The molecule has 0 aliphatic heterocycles. The third-order valence-electron chi connectivity index (χ3n) is 2.22. The van der Waals surface area contributed by atoms with Crippen molar-refractivity contribution in [2.75, 3.05) is 6.54 Å². The lowest BCUT2D eigenvalue weighted by Gasteiger charge is -2.11. The molecular formula is C11H15BrN2O2. The Balaban J connectivity index is 2.83. The van der Waals surface area contributed by atoms with Gasteiger partial charge in [-0.25, -0.2) is 0 Å². The van der Waals surface area contributed by atoms with Gasteiger partial charge >= 0.3 is 0 Å². The second-order valence-corrected chi connectivity index (χ2v) is 4.60. The first-order valence-electron chi connectivity index (χ1n) is 4.87. The van der Waals surface area contributed by atoms with Crippen LogP contribution in [0.25, 0.3) is 0 Å². The third kappa shape index (κ3) is 3.30. The van der Waals surface area contributed by atoms with Gasteiger partial charge in [-0.3, -0.25) is 4.98 Å². The molecule has 0 radical (unpaired) electrons. The van der Waals surface area contributed by atoms with E-state index in [1.165, 1.54) is 0 Å². The quantitative estimate of drug-likeness (QED) is 0.769. The summed E-state index contributed by atoms with van der Waals surface area (Å²) in [5, 5.41) is 22.1. The molecule has 0 unspecified atom stereocenters. The van der Waals surface area contributed by atoms with Gasteiger partial charge in [0.15, 0.2) is 0 Å². The van der Waals surface area contributed by atoms with Gasteiger partial charge in [0, 0.05) is 34.9 Å². The van der Waals surface area contributed by atoms with Crippen molar-refractivity contribution in [1.29, 1.82) is 0 Å². The van der Waals surface area contributed by atoms with E-state index in [0.717, 1.165) is 4.48 Å². The second kappa shape index (κ2) is 5.98. The summed E-state index contributed by atoms with van der Waals surface area (Å²) in [7, 11) is 0. The summed E-state index contributed by atoms with van der Waals surface area (Å²) in [6.07, 6.45) is 1.58. The Morgan fingerprint density at radius 3 is 2.88 bits per heavy atom. The van der Waals surface area contributed by atoms with Crippen molar-refractivity contribution in [3.63, 3.8) is 0 Å². The van der Waals surface area contributed by atoms with E-state index < -0.39 is 0 Å². The van der Waals surface area contributed by atoms with Crippen molar-refractivity contribution < 1.29 is 10.2 Å². The first-order chi connectivity index (χ1) is 7.56. The average Bonchev–Trinajstić information content (AvgIpc) is 2.24. The molecule has 0 atom stereocenters. The molecule has 0 amide bonds.